The lowest BCUT2D eigenvalue weighted by Gasteiger charge is -1.77. The Bertz CT molecular complexity index is 224. The molecule has 30 heavy (non-hydrogen) atoms. The zero-order valence-electron chi connectivity index (χ0n) is 16.5. The van der Waals surface area contributed by atoms with Crippen LogP contribution in [0.2, 0.25) is 0 Å². The lowest BCUT2D eigenvalue weighted by atomic mass is 10.7. The molecule has 14 radical (unpaired) electrons. The van der Waals surface area contributed by atoms with Crippen molar-refractivity contribution < 1.29 is 39.6 Å². The van der Waals surface area contributed by atoms with Gasteiger partial charge in [0.2, 0.25) is 0 Å². The van der Waals surface area contributed by atoms with Gasteiger partial charge in [0, 0.05) is 37.0 Å². The summed E-state index contributed by atoms with van der Waals surface area (Å²) in [7, 11) is 9.33. The predicted octanol–water partition coefficient (Wildman–Crippen LogP) is -2.92. The van der Waals surface area contributed by atoms with Crippen molar-refractivity contribution in [3.05, 3.63) is 0 Å². The van der Waals surface area contributed by atoms with Crippen LogP contribution in [0.15, 0.2) is 0 Å². The van der Waals surface area contributed by atoms with Crippen LogP contribution >= 0.6 is 92.6 Å². The smallest absolute Gasteiger partial charge is 0.550 e. The highest BCUT2D eigenvalue weighted by Gasteiger charge is 2.16. The summed E-state index contributed by atoms with van der Waals surface area (Å²) in [4.78, 5) is 35.6. The van der Waals surface area contributed by atoms with E-state index in [2.05, 4.69) is 18.1 Å². The molecular formula is C10H26Cl8Mg2N2O8. The highest BCUT2D eigenvalue weighted by Crippen LogP contribution is 1.32. The molecule has 184 valence electrons. The maximum atomic E-state index is 8.89. The molecule has 0 aliphatic carbocycles. The Morgan fingerprint density at radius 1 is 0.533 bits per heavy atom. The van der Waals surface area contributed by atoms with E-state index >= 15 is 0 Å². The maximum Gasteiger partial charge on any atom is 1.59 e. The monoisotopic (exact) mass is 630 g/mol. The van der Waals surface area contributed by atoms with Gasteiger partial charge in [0.1, 0.15) is 0 Å². The van der Waals surface area contributed by atoms with Gasteiger partial charge in [-0.2, -0.15) is 0 Å². The van der Waals surface area contributed by atoms with Gasteiger partial charge in [0.15, 0.2) is 0 Å². The number of nitrogens with two attached hydrogens (primary N) is 2. The van der Waals surface area contributed by atoms with Crippen molar-refractivity contribution in [1.82, 2.24) is 0 Å². The standard InChI is InChI=1S/C2H8N2.4C2H4O2.8ClH.2Mg/c3-1-2-4;4*1-2(3)4;;;;;;;;;;/h1-4H2;4*1H3,(H,3,4);8*1H;;/q;;;;;;;;;;;;;2*+3/p-6. The van der Waals surface area contributed by atoms with Crippen LogP contribution < -0.4 is 31.9 Å². The van der Waals surface area contributed by atoms with Crippen molar-refractivity contribution in [1.29, 1.82) is 0 Å². The molecule has 0 heterocycles. The van der Waals surface area contributed by atoms with Crippen molar-refractivity contribution in [2.75, 3.05) is 13.1 Å². The van der Waals surface area contributed by atoms with E-state index in [9.17, 15) is 0 Å². The fraction of sp³-hybridized carbons (Fsp3) is 0.600. The summed E-state index contributed by atoms with van der Waals surface area (Å²) in [6.07, 6.45) is 0. The zero-order chi connectivity index (χ0) is 21.7. The molecule has 0 aliphatic heterocycles. The second-order valence-electron chi connectivity index (χ2n) is 2.54. The number of hydrogen-bond acceptors (Lipinski definition) is 10. The van der Waals surface area contributed by atoms with Crippen molar-refractivity contribution in [3.63, 3.8) is 0 Å². The largest absolute Gasteiger partial charge is 1.59 e. The van der Waals surface area contributed by atoms with Gasteiger partial charge in [-0.3, -0.25) is 0 Å². The van der Waals surface area contributed by atoms with E-state index in [0.717, 1.165) is 27.7 Å². The van der Waals surface area contributed by atoms with Crippen molar-refractivity contribution in [3.8, 4) is 0 Å². The summed E-state index contributed by atoms with van der Waals surface area (Å²) in [5, 5.41) is 35.6. The SMILES string of the molecule is CC(=O)[O-].CC(=O)[O-].CC(=O)[O-].CC(=O)[O-].Cl.Cl.Cl.Cl.Cl.Cl.NCCN.[Mg+2][Cl].[Mg+2][Cl]. The Labute approximate surface area is 247 Å². The second kappa shape index (κ2) is 110. The van der Waals surface area contributed by atoms with Gasteiger partial charge in [-0.05, 0) is 27.7 Å². The molecule has 0 amide bonds. The molecule has 0 aromatic carbocycles. The fourth-order valence-electron chi connectivity index (χ4n) is 0. The Kier molecular flexibility index (Phi) is 313. The van der Waals surface area contributed by atoms with E-state index in [0.29, 0.717) is 13.1 Å². The summed E-state index contributed by atoms with van der Waals surface area (Å²) < 4.78 is 0. The van der Waals surface area contributed by atoms with E-state index in [4.69, 9.17) is 51.1 Å². The molecule has 0 rings (SSSR count). The van der Waals surface area contributed by atoms with Crippen molar-refractivity contribution in [2.45, 2.75) is 27.7 Å². The van der Waals surface area contributed by atoms with Gasteiger partial charge in [-0.1, -0.05) is 0 Å². The molecule has 0 bridgehead atoms. The number of carboxylic acid groups (broad SMARTS) is 4. The first-order chi connectivity index (χ1) is 10.8. The van der Waals surface area contributed by atoms with Crippen LogP contribution in [-0.4, -0.2) is 78.2 Å². The Morgan fingerprint density at radius 3 is 0.567 bits per heavy atom. The maximum absolute atomic E-state index is 8.89. The van der Waals surface area contributed by atoms with E-state index in [1.165, 1.54) is 41.2 Å². The Hall–Kier alpha value is 1.65. The van der Waals surface area contributed by atoms with Gasteiger partial charge >= 0.3 is 59.4 Å². The van der Waals surface area contributed by atoms with Gasteiger partial charge in [0.05, 0.1) is 0 Å². The van der Waals surface area contributed by atoms with Gasteiger partial charge in [-0.25, -0.2) is 0 Å². The molecule has 0 atom stereocenters. The van der Waals surface area contributed by atoms with E-state index in [1.54, 1.807) is 0 Å². The average molecular weight is 635 g/mol. The van der Waals surface area contributed by atoms with Crippen LogP contribution in [-0.2, 0) is 19.2 Å². The Balaban J connectivity index is -0.0000000100. The molecule has 4 N–H and O–H groups in total. The minimum Gasteiger partial charge on any atom is -0.550 e. The molecule has 0 unspecified atom stereocenters. The van der Waals surface area contributed by atoms with Crippen molar-refractivity contribution >= 4 is 158 Å². The fourth-order valence-corrected chi connectivity index (χ4v) is 0. The average Bonchev–Trinajstić information content (AvgIpc) is 2.40. The zero-order valence-corrected chi connectivity index (χ0v) is 25.7. The number of halogens is 8. The number of rotatable bonds is 1. The van der Waals surface area contributed by atoms with Crippen LogP contribution in [0.5, 0.6) is 0 Å². The lowest BCUT2D eigenvalue weighted by molar-refractivity contribution is -0.303. The van der Waals surface area contributed by atoms with Crippen LogP contribution in [0.4, 0.5) is 0 Å². The molecule has 0 saturated heterocycles. The van der Waals surface area contributed by atoms with Crippen molar-refractivity contribution in [2.24, 2.45) is 11.5 Å². The van der Waals surface area contributed by atoms with Gasteiger partial charge < -0.3 is 51.1 Å². The minimum atomic E-state index is -1.08. The molecule has 0 fully saturated rings. The van der Waals surface area contributed by atoms with Crippen LogP contribution in [0.3, 0.4) is 0 Å². The summed E-state index contributed by atoms with van der Waals surface area (Å²) in [5.41, 5.74) is 9.81. The summed E-state index contributed by atoms with van der Waals surface area (Å²) in [5.74, 6) is -4.33. The quantitative estimate of drug-likeness (QED) is 0.280. The molecule has 10 nitrogen and oxygen atoms in total. The van der Waals surface area contributed by atoms with E-state index in [-0.39, 0.29) is 74.4 Å². The third-order valence-electron chi connectivity index (χ3n) is 0.167. The number of hydrogen-bond donors (Lipinski definition) is 2. The van der Waals surface area contributed by atoms with E-state index in [1.807, 2.05) is 0 Å². The predicted molar refractivity (Wildman–Crippen MR) is 128 cm³/mol. The minimum absolute atomic E-state index is 0. The highest BCUT2D eigenvalue weighted by atomic mass is 35.5. The first kappa shape index (κ1) is 85.5. The molecule has 0 aromatic heterocycles. The van der Waals surface area contributed by atoms with Crippen LogP contribution in [0.25, 0.3) is 0 Å². The second-order valence-corrected chi connectivity index (χ2v) is 2.54. The molecule has 0 aromatic rings. The van der Waals surface area contributed by atoms with Gasteiger partial charge in [0.25, 0.3) is 0 Å². The molecule has 0 saturated carbocycles. The van der Waals surface area contributed by atoms with Crippen LogP contribution in [0, 0.1) is 0 Å². The topological polar surface area (TPSA) is 213 Å². The number of carboxylic acids is 4. The first-order valence-corrected chi connectivity index (χ1v) is 9.76. The summed E-state index contributed by atoms with van der Waals surface area (Å²) in [6.45, 7) is 5.08. The normalized spacial score (nSPS) is 4.73. The number of carbonyl (C=O) groups is 4. The molecule has 0 aliphatic rings. The summed E-state index contributed by atoms with van der Waals surface area (Å²) >= 11 is 2.67. The lowest BCUT2D eigenvalue weighted by Crippen LogP contribution is -2.16. The highest BCUT2D eigenvalue weighted by molar-refractivity contribution is 6.81. The molecule has 20 heteroatoms. The molecular weight excluding hydrogens is 608 g/mol. The van der Waals surface area contributed by atoms with Gasteiger partial charge in [-0.15, -0.1) is 74.4 Å². The van der Waals surface area contributed by atoms with Crippen LogP contribution in [0.1, 0.15) is 27.7 Å². The number of carbonyl (C=O) groups excluding carboxylic acids is 4. The summed E-state index contributed by atoms with van der Waals surface area (Å²) in [6, 6.07) is 0. The first-order valence-electron chi connectivity index (χ1n) is 5.48. The Morgan fingerprint density at radius 2 is 0.567 bits per heavy atom. The number of aliphatic carboxylic acids is 4. The molecule has 0 spiro atoms. The third-order valence-corrected chi connectivity index (χ3v) is 0.167. The third kappa shape index (κ3) is 3460. The van der Waals surface area contributed by atoms with E-state index < -0.39 is 23.9 Å².